The summed E-state index contributed by atoms with van der Waals surface area (Å²) in [6, 6.07) is 27.8. The number of nitrogens with one attached hydrogen (secondary N) is 1. The molecule has 4 aromatic carbocycles. The molecule has 6 nitrogen and oxygen atoms in total. The van der Waals surface area contributed by atoms with Crippen molar-refractivity contribution in [3.63, 3.8) is 0 Å². The molecule has 0 atom stereocenters. The Morgan fingerprint density at radius 2 is 1.51 bits per heavy atom. The van der Waals surface area contributed by atoms with Crippen LogP contribution in [0.3, 0.4) is 0 Å². The summed E-state index contributed by atoms with van der Waals surface area (Å²) in [6.07, 6.45) is 1.44. The standard InChI is InChI=1S/C32H33NO5S/c1-23-7-4-11-27(19-23)28-14-17-30(38-3)31(21-28)39(35,36)22-25-9-5-8-24(20-25)10-6-18-33-32(34)26-12-15-29(37-2)16-13-26/h4-5,7-9,11-17,19-21H,6,10,18,22H2,1-3H3,(H,33,34). The highest BCUT2D eigenvalue weighted by atomic mass is 32.2. The minimum atomic E-state index is -3.68. The average Bonchev–Trinajstić information content (AvgIpc) is 2.95. The van der Waals surface area contributed by atoms with E-state index in [1.54, 1.807) is 43.5 Å². The van der Waals surface area contributed by atoms with E-state index in [2.05, 4.69) is 5.32 Å². The lowest BCUT2D eigenvalue weighted by atomic mass is 10.0. The van der Waals surface area contributed by atoms with Crippen molar-refractivity contribution in [1.29, 1.82) is 0 Å². The molecule has 0 aliphatic carbocycles. The van der Waals surface area contributed by atoms with E-state index < -0.39 is 9.84 Å². The Morgan fingerprint density at radius 1 is 0.795 bits per heavy atom. The molecule has 0 aliphatic rings. The molecule has 0 saturated carbocycles. The maximum Gasteiger partial charge on any atom is 0.251 e. The van der Waals surface area contributed by atoms with E-state index in [4.69, 9.17) is 9.47 Å². The quantitative estimate of drug-likeness (QED) is 0.234. The first kappa shape index (κ1) is 27.9. The van der Waals surface area contributed by atoms with Gasteiger partial charge in [0, 0.05) is 12.1 Å². The largest absolute Gasteiger partial charge is 0.497 e. The molecular formula is C32H33NO5S. The molecule has 0 aromatic heterocycles. The molecule has 4 rings (SSSR count). The van der Waals surface area contributed by atoms with Gasteiger partial charge in [0.2, 0.25) is 0 Å². The second-order valence-corrected chi connectivity index (χ2v) is 11.4. The number of amides is 1. The van der Waals surface area contributed by atoms with Crippen LogP contribution >= 0.6 is 0 Å². The van der Waals surface area contributed by atoms with Crippen LogP contribution in [0.25, 0.3) is 11.1 Å². The molecule has 1 N–H and O–H groups in total. The number of aryl methyl sites for hydroxylation is 2. The molecule has 1 amide bonds. The van der Waals surface area contributed by atoms with Gasteiger partial charge >= 0.3 is 0 Å². The number of hydrogen-bond acceptors (Lipinski definition) is 5. The first-order valence-electron chi connectivity index (χ1n) is 12.8. The van der Waals surface area contributed by atoms with Crippen molar-refractivity contribution in [2.75, 3.05) is 20.8 Å². The van der Waals surface area contributed by atoms with Gasteiger partial charge in [-0.3, -0.25) is 4.79 Å². The number of hydrogen-bond donors (Lipinski definition) is 1. The zero-order valence-electron chi connectivity index (χ0n) is 22.4. The highest BCUT2D eigenvalue weighted by Gasteiger charge is 2.21. The van der Waals surface area contributed by atoms with Crippen LogP contribution in [0.4, 0.5) is 0 Å². The lowest BCUT2D eigenvalue weighted by molar-refractivity contribution is 0.0953. The minimum absolute atomic E-state index is 0.136. The van der Waals surface area contributed by atoms with Crippen molar-refractivity contribution >= 4 is 15.7 Å². The molecule has 0 spiro atoms. The van der Waals surface area contributed by atoms with Gasteiger partial charge in [-0.15, -0.1) is 0 Å². The van der Waals surface area contributed by atoms with E-state index in [-0.39, 0.29) is 16.6 Å². The van der Waals surface area contributed by atoms with Gasteiger partial charge in [-0.2, -0.15) is 0 Å². The third kappa shape index (κ3) is 7.27. The van der Waals surface area contributed by atoms with Crippen LogP contribution in [0, 0.1) is 6.92 Å². The molecule has 202 valence electrons. The van der Waals surface area contributed by atoms with Crippen molar-refractivity contribution in [1.82, 2.24) is 5.32 Å². The fourth-order valence-corrected chi connectivity index (χ4v) is 5.97. The molecule has 0 radical (unpaired) electrons. The summed E-state index contributed by atoms with van der Waals surface area (Å²) in [5.74, 6) is 0.753. The zero-order chi connectivity index (χ0) is 27.8. The van der Waals surface area contributed by atoms with Gasteiger partial charge in [0.25, 0.3) is 5.91 Å². The highest BCUT2D eigenvalue weighted by Crippen LogP contribution is 2.32. The maximum atomic E-state index is 13.5. The van der Waals surface area contributed by atoms with Crippen molar-refractivity contribution in [3.8, 4) is 22.6 Å². The molecule has 39 heavy (non-hydrogen) atoms. The number of rotatable bonds is 11. The van der Waals surface area contributed by atoms with Gasteiger partial charge in [0.1, 0.15) is 16.4 Å². The summed E-state index contributed by atoms with van der Waals surface area (Å²) in [6.45, 7) is 2.52. The summed E-state index contributed by atoms with van der Waals surface area (Å²) < 4.78 is 37.6. The monoisotopic (exact) mass is 543 g/mol. The molecular weight excluding hydrogens is 510 g/mol. The summed E-state index contributed by atoms with van der Waals surface area (Å²) >= 11 is 0. The molecule has 0 saturated heterocycles. The lowest BCUT2D eigenvalue weighted by Crippen LogP contribution is -2.24. The van der Waals surface area contributed by atoms with Crippen molar-refractivity contribution in [3.05, 3.63) is 113 Å². The lowest BCUT2D eigenvalue weighted by Gasteiger charge is -2.13. The minimum Gasteiger partial charge on any atom is -0.497 e. The van der Waals surface area contributed by atoms with Gasteiger partial charge in [0.05, 0.1) is 20.0 Å². The van der Waals surface area contributed by atoms with Crippen LogP contribution in [0.5, 0.6) is 11.5 Å². The maximum absolute atomic E-state index is 13.5. The number of sulfone groups is 1. The first-order valence-corrected chi connectivity index (χ1v) is 14.4. The SMILES string of the molecule is COc1ccc(C(=O)NCCCc2cccc(CS(=O)(=O)c3cc(-c4cccc(C)c4)ccc3OC)c2)cc1. The highest BCUT2D eigenvalue weighted by molar-refractivity contribution is 7.90. The van der Waals surface area contributed by atoms with Gasteiger partial charge in [0.15, 0.2) is 9.84 Å². The van der Waals surface area contributed by atoms with Crippen LogP contribution < -0.4 is 14.8 Å². The molecule has 0 aliphatic heterocycles. The summed E-state index contributed by atoms with van der Waals surface area (Å²) in [5.41, 5.74) is 5.17. The van der Waals surface area contributed by atoms with Gasteiger partial charge in [-0.05, 0) is 78.4 Å². The Bertz CT molecular complexity index is 1550. The van der Waals surface area contributed by atoms with E-state index >= 15 is 0 Å². The Kier molecular flexibility index (Phi) is 9.04. The number of carbonyl (C=O) groups is 1. The van der Waals surface area contributed by atoms with Crippen LogP contribution in [-0.4, -0.2) is 35.1 Å². The predicted molar refractivity (Wildman–Crippen MR) is 154 cm³/mol. The zero-order valence-corrected chi connectivity index (χ0v) is 23.3. The van der Waals surface area contributed by atoms with Crippen molar-refractivity contribution in [2.24, 2.45) is 0 Å². The van der Waals surface area contributed by atoms with Gasteiger partial charge in [-0.25, -0.2) is 8.42 Å². The van der Waals surface area contributed by atoms with Gasteiger partial charge in [-0.1, -0.05) is 60.2 Å². The van der Waals surface area contributed by atoms with E-state index in [0.717, 1.165) is 28.7 Å². The molecule has 0 unspecified atom stereocenters. The van der Waals surface area contributed by atoms with Crippen molar-refractivity contribution < 1.29 is 22.7 Å². The topological polar surface area (TPSA) is 81.7 Å². The fourth-order valence-electron chi connectivity index (χ4n) is 4.43. The van der Waals surface area contributed by atoms with Gasteiger partial charge < -0.3 is 14.8 Å². The molecule has 0 heterocycles. The van der Waals surface area contributed by atoms with E-state index in [9.17, 15) is 13.2 Å². The second kappa shape index (κ2) is 12.6. The smallest absolute Gasteiger partial charge is 0.251 e. The molecule has 0 fully saturated rings. The molecule has 4 aromatic rings. The number of benzene rings is 4. The third-order valence-electron chi connectivity index (χ3n) is 6.48. The molecule has 7 heteroatoms. The number of ether oxygens (including phenoxy) is 2. The Labute approximate surface area is 230 Å². The van der Waals surface area contributed by atoms with Crippen LogP contribution in [0.1, 0.15) is 33.5 Å². The van der Waals surface area contributed by atoms with Crippen LogP contribution in [-0.2, 0) is 22.0 Å². The number of carbonyl (C=O) groups excluding carboxylic acids is 1. The Morgan fingerprint density at radius 3 is 2.23 bits per heavy atom. The fraction of sp³-hybridized carbons (Fsp3) is 0.219. The second-order valence-electron chi connectivity index (χ2n) is 9.40. The first-order chi connectivity index (χ1) is 18.8. The predicted octanol–water partition coefficient (Wildman–Crippen LogP) is 6.02. The summed E-state index contributed by atoms with van der Waals surface area (Å²) in [5, 5.41) is 2.93. The van der Waals surface area contributed by atoms with E-state index in [0.29, 0.717) is 35.6 Å². The van der Waals surface area contributed by atoms with Crippen LogP contribution in [0.15, 0.2) is 95.9 Å². The summed E-state index contributed by atoms with van der Waals surface area (Å²) in [7, 11) is -0.612. The van der Waals surface area contributed by atoms with E-state index in [1.807, 2.05) is 61.5 Å². The Hall–Kier alpha value is -4.10. The average molecular weight is 544 g/mol. The normalized spacial score (nSPS) is 11.2. The van der Waals surface area contributed by atoms with Crippen molar-refractivity contribution in [2.45, 2.75) is 30.4 Å². The van der Waals surface area contributed by atoms with Crippen LogP contribution in [0.2, 0.25) is 0 Å². The Balaban J connectivity index is 1.41. The third-order valence-corrected chi connectivity index (χ3v) is 8.18. The van der Waals surface area contributed by atoms with E-state index in [1.165, 1.54) is 7.11 Å². The summed E-state index contributed by atoms with van der Waals surface area (Å²) in [4.78, 5) is 12.5. The number of methoxy groups -OCH3 is 2. The molecule has 0 bridgehead atoms.